The van der Waals surface area contributed by atoms with E-state index >= 15 is 0 Å². The van der Waals surface area contributed by atoms with Crippen molar-refractivity contribution in [3.63, 3.8) is 0 Å². The van der Waals surface area contributed by atoms with Crippen LogP contribution < -0.4 is 4.74 Å². The number of nitro groups is 1. The molecule has 6 heteroatoms. The zero-order chi connectivity index (χ0) is 12.4. The molecule has 1 aromatic carbocycles. The maximum Gasteiger partial charge on any atom is 0.312 e. The van der Waals surface area contributed by atoms with Gasteiger partial charge in [0.15, 0.2) is 5.75 Å². The van der Waals surface area contributed by atoms with Crippen molar-refractivity contribution in [3.05, 3.63) is 33.3 Å². The van der Waals surface area contributed by atoms with Crippen LogP contribution in [0.3, 0.4) is 0 Å². The number of nitrogens with zero attached hydrogens (tertiary/aromatic N) is 1. The number of aliphatic hydroxyl groups is 1. The molecule has 1 fully saturated rings. The number of hydrogen-bond acceptors (Lipinski definition) is 4. The minimum Gasteiger partial charge on any atom is -0.481 e. The molecule has 0 aliphatic heterocycles. The van der Waals surface area contributed by atoms with Gasteiger partial charge in [0.2, 0.25) is 0 Å². The number of halogens is 1. The van der Waals surface area contributed by atoms with Crippen molar-refractivity contribution in [1.82, 2.24) is 0 Å². The van der Waals surface area contributed by atoms with Crippen LogP contribution in [0.15, 0.2) is 18.2 Å². The Kier molecular flexibility index (Phi) is 3.49. The molecule has 0 radical (unpaired) electrons. The van der Waals surface area contributed by atoms with Gasteiger partial charge in [0, 0.05) is 11.1 Å². The Morgan fingerprint density at radius 2 is 2.24 bits per heavy atom. The lowest BCUT2D eigenvalue weighted by atomic mass is 10.2. The van der Waals surface area contributed by atoms with Gasteiger partial charge in [-0.2, -0.15) is 0 Å². The van der Waals surface area contributed by atoms with E-state index in [-0.39, 0.29) is 22.6 Å². The van der Waals surface area contributed by atoms with Crippen molar-refractivity contribution in [3.8, 4) is 5.75 Å². The van der Waals surface area contributed by atoms with Gasteiger partial charge in [0.05, 0.1) is 11.0 Å². The molecule has 2 unspecified atom stereocenters. The maximum absolute atomic E-state index is 10.8. The molecule has 2 rings (SSSR count). The predicted molar refractivity (Wildman–Crippen MR) is 62.4 cm³/mol. The van der Waals surface area contributed by atoms with E-state index in [1.54, 1.807) is 0 Å². The summed E-state index contributed by atoms with van der Waals surface area (Å²) in [5, 5.41) is 20.7. The zero-order valence-corrected chi connectivity index (χ0v) is 9.76. The number of hydrogen-bond donors (Lipinski definition) is 1. The van der Waals surface area contributed by atoms with Gasteiger partial charge in [0.1, 0.15) is 6.10 Å². The first-order valence-electron chi connectivity index (χ1n) is 5.36. The first-order valence-corrected chi connectivity index (χ1v) is 5.74. The molecule has 0 amide bonds. The molecule has 1 saturated carbocycles. The van der Waals surface area contributed by atoms with Gasteiger partial charge in [-0.25, -0.2) is 0 Å². The Morgan fingerprint density at radius 3 is 2.82 bits per heavy atom. The molecule has 17 heavy (non-hydrogen) atoms. The summed E-state index contributed by atoms with van der Waals surface area (Å²) < 4.78 is 5.48. The molecule has 1 aliphatic carbocycles. The van der Waals surface area contributed by atoms with E-state index in [0.717, 1.165) is 6.42 Å². The van der Waals surface area contributed by atoms with Crippen molar-refractivity contribution in [2.24, 2.45) is 0 Å². The van der Waals surface area contributed by atoms with Crippen LogP contribution in [0.2, 0.25) is 5.02 Å². The van der Waals surface area contributed by atoms with Gasteiger partial charge in [-0.1, -0.05) is 11.6 Å². The average Bonchev–Trinajstić information content (AvgIpc) is 2.67. The van der Waals surface area contributed by atoms with Crippen LogP contribution in [0.5, 0.6) is 5.75 Å². The number of nitro benzene ring substituents is 1. The second kappa shape index (κ2) is 4.89. The first kappa shape index (κ1) is 12.1. The predicted octanol–water partition coefficient (Wildman–Crippen LogP) is 2.54. The number of ether oxygens (including phenoxy) is 1. The van der Waals surface area contributed by atoms with Crippen LogP contribution >= 0.6 is 11.6 Å². The van der Waals surface area contributed by atoms with Gasteiger partial charge in [-0.3, -0.25) is 10.1 Å². The highest BCUT2D eigenvalue weighted by Crippen LogP contribution is 2.33. The summed E-state index contributed by atoms with van der Waals surface area (Å²) in [6, 6.07) is 4.24. The molecule has 0 spiro atoms. The van der Waals surface area contributed by atoms with Crippen LogP contribution in [-0.4, -0.2) is 22.2 Å². The van der Waals surface area contributed by atoms with E-state index in [0.29, 0.717) is 12.8 Å². The molecule has 0 heterocycles. The van der Waals surface area contributed by atoms with Gasteiger partial charge in [-0.15, -0.1) is 0 Å². The van der Waals surface area contributed by atoms with Crippen molar-refractivity contribution in [1.29, 1.82) is 0 Å². The standard InChI is InChI=1S/C11H12ClNO4/c12-7-4-5-10(8(6-7)13(15)16)17-11-3-1-2-9(11)14/h4-6,9,11,14H,1-3H2. The van der Waals surface area contributed by atoms with Crippen LogP contribution in [0.25, 0.3) is 0 Å². The Morgan fingerprint density at radius 1 is 1.47 bits per heavy atom. The minimum atomic E-state index is -0.551. The highest BCUT2D eigenvalue weighted by Gasteiger charge is 2.29. The fourth-order valence-electron chi connectivity index (χ4n) is 1.94. The average molecular weight is 258 g/mol. The molecule has 0 aromatic heterocycles. The molecule has 0 saturated heterocycles. The largest absolute Gasteiger partial charge is 0.481 e. The molecule has 1 N–H and O–H groups in total. The molecule has 2 atom stereocenters. The molecular formula is C11H12ClNO4. The Bertz CT molecular complexity index is 437. The van der Waals surface area contributed by atoms with Crippen LogP contribution in [-0.2, 0) is 0 Å². The van der Waals surface area contributed by atoms with E-state index < -0.39 is 11.0 Å². The first-order chi connectivity index (χ1) is 8.08. The van der Waals surface area contributed by atoms with Crippen molar-refractivity contribution >= 4 is 17.3 Å². The highest BCUT2D eigenvalue weighted by atomic mass is 35.5. The molecule has 92 valence electrons. The Hall–Kier alpha value is -1.33. The van der Waals surface area contributed by atoms with E-state index in [1.807, 2.05) is 0 Å². The third-order valence-corrected chi connectivity index (χ3v) is 3.05. The summed E-state index contributed by atoms with van der Waals surface area (Å²) in [4.78, 5) is 10.3. The summed E-state index contributed by atoms with van der Waals surface area (Å²) in [7, 11) is 0. The molecule has 5 nitrogen and oxygen atoms in total. The van der Waals surface area contributed by atoms with Gasteiger partial charge in [-0.05, 0) is 31.4 Å². The molecular weight excluding hydrogens is 246 g/mol. The summed E-state index contributed by atoms with van der Waals surface area (Å²) in [6.07, 6.45) is 1.33. The maximum atomic E-state index is 10.8. The van der Waals surface area contributed by atoms with E-state index in [4.69, 9.17) is 16.3 Å². The van der Waals surface area contributed by atoms with Gasteiger partial charge < -0.3 is 9.84 Å². The fraction of sp³-hybridized carbons (Fsp3) is 0.455. The summed E-state index contributed by atoms with van der Waals surface area (Å²) in [5.74, 6) is 0.158. The summed E-state index contributed by atoms with van der Waals surface area (Å²) in [6.45, 7) is 0. The lowest BCUT2D eigenvalue weighted by molar-refractivity contribution is -0.386. The third kappa shape index (κ3) is 2.68. The summed E-state index contributed by atoms with van der Waals surface area (Å²) >= 11 is 5.70. The lowest BCUT2D eigenvalue weighted by Gasteiger charge is -2.16. The van der Waals surface area contributed by atoms with E-state index in [2.05, 4.69) is 0 Å². The highest BCUT2D eigenvalue weighted by molar-refractivity contribution is 6.30. The monoisotopic (exact) mass is 257 g/mol. The van der Waals surface area contributed by atoms with Crippen molar-refractivity contribution in [2.45, 2.75) is 31.5 Å². The normalized spacial score (nSPS) is 23.6. The Balaban J connectivity index is 2.22. The number of aliphatic hydroxyl groups excluding tert-OH is 1. The smallest absolute Gasteiger partial charge is 0.312 e. The fourth-order valence-corrected chi connectivity index (χ4v) is 2.11. The summed E-state index contributed by atoms with van der Waals surface area (Å²) in [5.41, 5.74) is -0.170. The van der Waals surface area contributed by atoms with E-state index in [1.165, 1.54) is 18.2 Å². The van der Waals surface area contributed by atoms with Crippen molar-refractivity contribution < 1.29 is 14.8 Å². The van der Waals surface area contributed by atoms with Crippen LogP contribution in [0, 0.1) is 10.1 Å². The quantitative estimate of drug-likeness (QED) is 0.667. The van der Waals surface area contributed by atoms with E-state index in [9.17, 15) is 15.2 Å². The molecule has 1 aromatic rings. The van der Waals surface area contributed by atoms with Crippen molar-refractivity contribution in [2.75, 3.05) is 0 Å². The van der Waals surface area contributed by atoms with Gasteiger partial charge >= 0.3 is 5.69 Å². The second-order valence-corrected chi connectivity index (χ2v) is 4.46. The number of benzene rings is 1. The second-order valence-electron chi connectivity index (χ2n) is 4.02. The SMILES string of the molecule is O=[N+]([O-])c1cc(Cl)ccc1OC1CCCC1O. The number of rotatable bonds is 3. The lowest BCUT2D eigenvalue weighted by Crippen LogP contribution is -2.25. The van der Waals surface area contributed by atoms with Crippen LogP contribution in [0.4, 0.5) is 5.69 Å². The Labute approximate surface area is 103 Å². The molecule has 1 aliphatic rings. The molecule has 0 bridgehead atoms. The topological polar surface area (TPSA) is 72.6 Å². The third-order valence-electron chi connectivity index (χ3n) is 2.81. The zero-order valence-electron chi connectivity index (χ0n) is 9.01. The minimum absolute atomic E-state index is 0.158. The van der Waals surface area contributed by atoms with Gasteiger partial charge in [0.25, 0.3) is 0 Å². The van der Waals surface area contributed by atoms with Crippen LogP contribution in [0.1, 0.15) is 19.3 Å².